The van der Waals surface area contributed by atoms with Gasteiger partial charge in [0.15, 0.2) is 5.96 Å². The van der Waals surface area contributed by atoms with E-state index >= 15 is 0 Å². The van der Waals surface area contributed by atoms with Gasteiger partial charge in [-0.25, -0.2) is 4.98 Å². The smallest absolute Gasteiger partial charge is 0.213 e. The summed E-state index contributed by atoms with van der Waals surface area (Å²) >= 11 is 2.08. The molecule has 1 aromatic rings. The number of aromatic nitrogens is 1. The predicted octanol–water partition coefficient (Wildman–Crippen LogP) is 3.83. The van der Waals surface area contributed by atoms with Gasteiger partial charge in [0, 0.05) is 37.1 Å². The van der Waals surface area contributed by atoms with Gasteiger partial charge < -0.3 is 15.4 Å². The molecule has 2 fully saturated rings. The molecule has 7 heteroatoms. The van der Waals surface area contributed by atoms with Crippen LogP contribution in [0.2, 0.25) is 0 Å². The molecule has 0 spiro atoms. The van der Waals surface area contributed by atoms with Gasteiger partial charge in [-0.3, -0.25) is 4.99 Å². The summed E-state index contributed by atoms with van der Waals surface area (Å²) in [5.74, 6) is 3.55. The average Bonchev–Trinajstić information content (AvgIpc) is 3.36. The topological polar surface area (TPSA) is 58.5 Å². The Kier molecular flexibility index (Phi) is 9.31. The quantitative estimate of drug-likeness (QED) is 0.330. The third kappa shape index (κ3) is 7.13. The van der Waals surface area contributed by atoms with Gasteiger partial charge in [-0.1, -0.05) is 6.92 Å². The van der Waals surface area contributed by atoms with Crippen molar-refractivity contribution >= 4 is 41.7 Å². The zero-order chi connectivity index (χ0) is 17.5. The lowest BCUT2D eigenvalue weighted by Gasteiger charge is -2.17. The van der Waals surface area contributed by atoms with Crippen LogP contribution in [0.15, 0.2) is 23.3 Å². The Hall–Kier alpha value is -0.700. The largest absolute Gasteiger partial charge is 0.477 e. The van der Waals surface area contributed by atoms with Crippen LogP contribution in [0, 0.1) is 5.92 Å². The van der Waals surface area contributed by atoms with Crippen LogP contribution < -0.4 is 15.4 Å². The van der Waals surface area contributed by atoms with Crippen LogP contribution in [0.25, 0.3) is 0 Å². The lowest BCUT2D eigenvalue weighted by Crippen LogP contribution is -2.42. The minimum absolute atomic E-state index is 0. The molecular weight excluding hydrogens is 459 g/mol. The highest BCUT2D eigenvalue weighted by Gasteiger charge is 2.25. The molecule has 0 aromatic carbocycles. The van der Waals surface area contributed by atoms with Crippen LogP contribution >= 0.6 is 35.7 Å². The SMILES string of the molecule is CCSC1CCC(NC(=NC)NCc2ccnc(OCC3CC3)c2)C1.I. The highest BCUT2D eigenvalue weighted by Crippen LogP contribution is 2.30. The van der Waals surface area contributed by atoms with Crippen molar-refractivity contribution in [2.24, 2.45) is 10.9 Å². The van der Waals surface area contributed by atoms with Crippen molar-refractivity contribution < 1.29 is 4.74 Å². The number of aliphatic imine (C=N–C) groups is 1. The Balaban J connectivity index is 0.00000243. The number of guanidine groups is 1. The third-order valence-corrected chi connectivity index (χ3v) is 6.01. The summed E-state index contributed by atoms with van der Waals surface area (Å²) in [5.41, 5.74) is 1.16. The number of hydrogen-bond donors (Lipinski definition) is 2. The van der Waals surface area contributed by atoms with E-state index in [9.17, 15) is 0 Å². The molecule has 2 unspecified atom stereocenters. The van der Waals surface area contributed by atoms with Crippen LogP contribution in [0.5, 0.6) is 5.88 Å². The van der Waals surface area contributed by atoms with E-state index in [-0.39, 0.29) is 24.0 Å². The number of hydrogen-bond acceptors (Lipinski definition) is 4. The number of rotatable bonds is 8. The van der Waals surface area contributed by atoms with Gasteiger partial charge in [-0.05, 0) is 55.4 Å². The van der Waals surface area contributed by atoms with Gasteiger partial charge in [0.25, 0.3) is 0 Å². The summed E-state index contributed by atoms with van der Waals surface area (Å²) in [4.78, 5) is 8.67. The van der Waals surface area contributed by atoms with Crippen LogP contribution in [0.1, 0.15) is 44.6 Å². The predicted molar refractivity (Wildman–Crippen MR) is 121 cm³/mol. The molecule has 3 rings (SSSR count). The number of nitrogens with one attached hydrogen (secondary N) is 2. The van der Waals surface area contributed by atoms with Crippen LogP contribution in [0.4, 0.5) is 0 Å². The molecule has 2 aliphatic carbocycles. The lowest BCUT2D eigenvalue weighted by molar-refractivity contribution is 0.288. The van der Waals surface area contributed by atoms with Crippen LogP contribution in [0.3, 0.4) is 0 Å². The molecule has 0 amide bonds. The van der Waals surface area contributed by atoms with E-state index in [4.69, 9.17) is 4.74 Å². The molecule has 0 saturated heterocycles. The molecular formula is C19H31IN4OS. The average molecular weight is 490 g/mol. The number of pyridine rings is 1. The second-order valence-corrected chi connectivity index (χ2v) is 8.49. The molecule has 2 saturated carbocycles. The molecule has 1 heterocycles. The van der Waals surface area contributed by atoms with Crippen molar-refractivity contribution in [3.05, 3.63) is 23.9 Å². The number of ether oxygens (including phenoxy) is 1. The van der Waals surface area contributed by atoms with Crippen molar-refractivity contribution in [1.82, 2.24) is 15.6 Å². The van der Waals surface area contributed by atoms with Crippen molar-refractivity contribution in [1.29, 1.82) is 0 Å². The van der Waals surface area contributed by atoms with Gasteiger partial charge in [0.2, 0.25) is 5.88 Å². The first-order valence-electron chi connectivity index (χ1n) is 9.43. The van der Waals surface area contributed by atoms with E-state index in [1.807, 2.05) is 25.4 Å². The lowest BCUT2D eigenvalue weighted by atomic mass is 10.2. The summed E-state index contributed by atoms with van der Waals surface area (Å²) in [7, 11) is 1.83. The van der Waals surface area contributed by atoms with Crippen LogP contribution in [-0.4, -0.2) is 41.6 Å². The molecule has 2 N–H and O–H groups in total. The highest BCUT2D eigenvalue weighted by molar-refractivity contribution is 14.0. The minimum Gasteiger partial charge on any atom is -0.477 e. The Morgan fingerprint density at radius 3 is 2.92 bits per heavy atom. The number of thioether (sulfide) groups is 1. The van der Waals surface area contributed by atoms with Gasteiger partial charge in [-0.15, -0.1) is 24.0 Å². The van der Waals surface area contributed by atoms with E-state index < -0.39 is 0 Å². The molecule has 0 aliphatic heterocycles. The summed E-state index contributed by atoms with van der Waals surface area (Å²) in [6, 6.07) is 4.57. The summed E-state index contributed by atoms with van der Waals surface area (Å²) in [6.45, 7) is 3.76. The van der Waals surface area contributed by atoms with E-state index in [1.165, 1.54) is 37.9 Å². The minimum atomic E-state index is 0. The van der Waals surface area contributed by atoms with Gasteiger partial charge in [-0.2, -0.15) is 11.8 Å². The monoisotopic (exact) mass is 490 g/mol. The maximum absolute atomic E-state index is 5.76. The number of nitrogens with zero attached hydrogens (tertiary/aromatic N) is 2. The van der Waals surface area contributed by atoms with Crippen molar-refractivity contribution in [2.75, 3.05) is 19.4 Å². The second-order valence-electron chi connectivity index (χ2n) is 6.91. The zero-order valence-electron chi connectivity index (χ0n) is 15.7. The molecule has 2 atom stereocenters. The van der Waals surface area contributed by atoms with Crippen molar-refractivity contribution in [2.45, 2.75) is 56.9 Å². The van der Waals surface area contributed by atoms with Gasteiger partial charge in [0.05, 0.1) is 6.61 Å². The van der Waals surface area contributed by atoms with Crippen molar-refractivity contribution in [3.63, 3.8) is 0 Å². The second kappa shape index (κ2) is 11.2. The molecule has 1 aromatic heterocycles. The molecule has 26 heavy (non-hydrogen) atoms. The Morgan fingerprint density at radius 2 is 2.19 bits per heavy atom. The van der Waals surface area contributed by atoms with E-state index in [0.29, 0.717) is 6.04 Å². The summed E-state index contributed by atoms with van der Waals surface area (Å²) in [5, 5.41) is 7.78. The molecule has 146 valence electrons. The molecule has 2 aliphatic rings. The molecule has 5 nitrogen and oxygen atoms in total. The van der Waals surface area contributed by atoms with Crippen LogP contribution in [-0.2, 0) is 6.54 Å². The van der Waals surface area contributed by atoms with Crippen molar-refractivity contribution in [3.8, 4) is 5.88 Å². The zero-order valence-corrected chi connectivity index (χ0v) is 18.9. The first-order valence-corrected chi connectivity index (χ1v) is 10.5. The fraction of sp³-hybridized carbons (Fsp3) is 0.684. The maximum atomic E-state index is 5.76. The molecule has 0 bridgehead atoms. The van der Waals surface area contributed by atoms with E-state index in [0.717, 1.165) is 41.7 Å². The first-order chi connectivity index (χ1) is 12.3. The normalized spacial score (nSPS) is 22.6. The Morgan fingerprint density at radius 1 is 1.35 bits per heavy atom. The van der Waals surface area contributed by atoms with E-state index in [1.54, 1.807) is 0 Å². The fourth-order valence-electron chi connectivity index (χ4n) is 3.16. The Labute approximate surface area is 178 Å². The first kappa shape index (κ1) is 21.6. The third-order valence-electron chi connectivity index (χ3n) is 4.77. The fourth-order valence-corrected chi connectivity index (χ4v) is 4.30. The summed E-state index contributed by atoms with van der Waals surface area (Å²) < 4.78 is 5.76. The van der Waals surface area contributed by atoms with E-state index in [2.05, 4.69) is 39.3 Å². The Bertz CT molecular complexity index is 582. The highest BCUT2D eigenvalue weighted by atomic mass is 127. The maximum Gasteiger partial charge on any atom is 0.213 e. The standard InChI is InChI=1S/C19H30N4OS.HI/c1-3-25-17-7-6-16(11-17)23-19(20-2)22-12-15-8-9-21-18(10-15)24-13-14-4-5-14;/h8-10,14,16-17H,3-7,11-13H2,1-2H3,(H2,20,22,23);1H. The number of halogens is 1. The van der Waals surface area contributed by atoms with Gasteiger partial charge >= 0.3 is 0 Å². The summed E-state index contributed by atoms with van der Waals surface area (Å²) in [6.07, 6.45) is 8.17. The van der Waals surface area contributed by atoms with Gasteiger partial charge in [0.1, 0.15) is 0 Å². The molecule has 0 radical (unpaired) electrons.